The molecule has 2 heterocycles. The zero-order chi connectivity index (χ0) is 16.9. The highest BCUT2D eigenvalue weighted by atomic mass is 15.1. The van der Waals surface area contributed by atoms with Crippen LogP contribution < -0.4 is 15.5 Å². The number of rotatable bonds is 6. The van der Waals surface area contributed by atoms with Crippen LogP contribution in [0.3, 0.4) is 0 Å². The van der Waals surface area contributed by atoms with Crippen LogP contribution in [0.15, 0.2) is 30.3 Å². The molecule has 1 fully saturated rings. The Morgan fingerprint density at radius 1 is 1.04 bits per heavy atom. The topological polar surface area (TPSA) is 53.1 Å². The molecule has 0 radical (unpaired) electrons. The van der Waals surface area contributed by atoms with Crippen molar-refractivity contribution in [3.63, 3.8) is 0 Å². The number of hydrogen-bond acceptors (Lipinski definition) is 5. The van der Waals surface area contributed by atoms with Crippen LogP contribution in [0.1, 0.15) is 32.5 Å². The average molecular weight is 325 g/mol. The van der Waals surface area contributed by atoms with E-state index in [1.807, 2.05) is 13.0 Å². The first-order valence-corrected chi connectivity index (χ1v) is 8.82. The molecule has 0 bridgehead atoms. The SMILES string of the molecule is Cc1nc(NCC(C)C)cc(Nc2ccc(N3CCCC3)cc2)n1. The maximum atomic E-state index is 4.48. The molecule has 2 aromatic rings. The number of aromatic nitrogens is 2. The van der Waals surface area contributed by atoms with E-state index < -0.39 is 0 Å². The van der Waals surface area contributed by atoms with Crippen LogP contribution in [0.2, 0.25) is 0 Å². The largest absolute Gasteiger partial charge is 0.372 e. The first-order chi connectivity index (χ1) is 11.6. The third-order valence-corrected chi connectivity index (χ3v) is 4.14. The quantitative estimate of drug-likeness (QED) is 0.834. The summed E-state index contributed by atoms with van der Waals surface area (Å²) in [5, 5.41) is 6.74. The Morgan fingerprint density at radius 3 is 2.38 bits per heavy atom. The van der Waals surface area contributed by atoms with Gasteiger partial charge in [0.1, 0.15) is 17.5 Å². The minimum absolute atomic E-state index is 0.579. The summed E-state index contributed by atoms with van der Waals surface area (Å²) in [6.07, 6.45) is 2.60. The Balaban J connectivity index is 1.68. The standard InChI is InChI=1S/C19H27N5/c1-14(2)13-20-18-12-19(22-15(3)21-18)23-16-6-8-17(9-7-16)24-10-4-5-11-24/h6-9,12,14H,4-5,10-11,13H2,1-3H3,(H2,20,21,22,23). The van der Waals surface area contributed by atoms with Gasteiger partial charge in [0.15, 0.2) is 0 Å². The van der Waals surface area contributed by atoms with Crippen molar-refractivity contribution in [2.45, 2.75) is 33.6 Å². The fourth-order valence-electron chi connectivity index (χ4n) is 2.91. The molecular weight excluding hydrogens is 298 g/mol. The Bertz CT molecular complexity index is 660. The maximum absolute atomic E-state index is 4.48. The molecule has 5 heteroatoms. The Labute approximate surface area is 144 Å². The zero-order valence-electron chi connectivity index (χ0n) is 14.8. The molecule has 2 N–H and O–H groups in total. The summed E-state index contributed by atoms with van der Waals surface area (Å²) in [6, 6.07) is 10.6. The van der Waals surface area contributed by atoms with Crippen LogP contribution in [0.4, 0.5) is 23.0 Å². The normalized spacial score (nSPS) is 14.2. The summed E-state index contributed by atoms with van der Waals surface area (Å²) in [7, 11) is 0. The van der Waals surface area contributed by atoms with Crippen LogP contribution >= 0.6 is 0 Å². The van der Waals surface area contributed by atoms with Gasteiger partial charge >= 0.3 is 0 Å². The zero-order valence-corrected chi connectivity index (χ0v) is 14.8. The second-order valence-corrected chi connectivity index (χ2v) is 6.83. The van der Waals surface area contributed by atoms with Crippen molar-refractivity contribution in [2.75, 3.05) is 35.2 Å². The molecular formula is C19H27N5. The van der Waals surface area contributed by atoms with E-state index in [9.17, 15) is 0 Å². The fraction of sp³-hybridized carbons (Fsp3) is 0.474. The average Bonchev–Trinajstić information content (AvgIpc) is 3.08. The Morgan fingerprint density at radius 2 is 1.71 bits per heavy atom. The summed E-state index contributed by atoms with van der Waals surface area (Å²) in [4.78, 5) is 11.4. The number of anilines is 4. The molecule has 1 aromatic carbocycles. The smallest absolute Gasteiger partial charge is 0.136 e. The van der Waals surface area contributed by atoms with E-state index in [4.69, 9.17) is 0 Å². The van der Waals surface area contributed by atoms with Crippen molar-refractivity contribution < 1.29 is 0 Å². The molecule has 0 unspecified atom stereocenters. The van der Waals surface area contributed by atoms with Gasteiger partial charge in [0.25, 0.3) is 0 Å². The van der Waals surface area contributed by atoms with Crippen LogP contribution in [0.25, 0.3) is 0 Å². The minimum atomic E-state index is 0.579. The Hall–Kier alpha value is -2.30. The molecule has 0 atom stereocenters. The molecule has 3 rings (SSSR count). The van der Waals surface area contributed by atoms with Crippen LogP contribution in [-0.2, 0) is 0 Å². The lowest BCUT2D eigenvalue weighted by Gasteiger charge is -2.18. The van der Waals surface area contributed by atoms with E-state index in [1.54, 1.807) is 0 Å². The van der Waals surface area contributed by atoms with Crippen molar-refractivity contribution in [1.29, 1.82) is 0 Å². The van der Waals surface area contributed by atoms with Crippen molar-refractivity contribution in [3.05, 3.63) is 36.2 Å². The maximum Gasteiger partial charge on any atom is 0.136 e. The van der Waals surface area contributed by atoms with E-state index in [1.165, 1.54) is 31.6 Å². The van der Waals surface area contributed by atoms with Gasteiger partial charge in [0, 0.05) is 37.1 Å². The van der Waals surface area contributed by atoms with Crippen molar-refractivity contribution in [2.24, 2.45) is 5.92 Å². The predicted molar refractivity (Wildman–Crippen MR) is 101 cm³/mol. The first kappa shape index (κ1) is 16.6. The lowest BCUT2D eigenvalue weighted by molar-refractivity contribution is 0.686. The van der Waals surface area contributed by atoms with E-state index >= 15 is 0 Å². The van der Waals surface area contributed by atoms with Gasteiger partial charge in [-0.1, -0.05) is 13.8 Å². The van der Waals surface area contributed by atoms with E-state index in [0.717, 1.165) is 29.7 Å². The molecule has 1 aromatic heterocycles. The third-order valence-electron chi connectivity index (χ3n) is 4.14. The molecule has 1 aliphatic heterocycles. The summed E-state index contributed by atoms with van der Waals surface area (Å²) in [6.45, 7) is 9.53. The molecule has 0 spiro atoms. The lowest BCUT2D eigenvalue weighted by atomic mass is 10.2. The summed E-state index contributed by atoms with van der Waals surface area (Å²) in [5.74, 6) is 3.03. The van der Waals surface area contributed by atoms with Gasteiger partial charge in [-0.25, -0.2) is 9.97 Å². The number of hydrogen-bond donors (Lipinski definition) is 2. The molecule has 24 heavy (non-hydrogen) atoms. The molecule has 5 nitrogen and oxygen atoms in total. The molecule has 0 amide bonds. The molecule has 0 saturated carbocycles. The van der Waals surface area contributed by atoms with Gasteiger partial charge in [-0.15, -0.1) is 0 Å². The highest BCUT2D eigenvalue weighted by molar-refractivity contribution is 5.62. The monoisotopic (exact) mass is 325 g/mol. The molecule has 0 aliphatic carbocycles. The van der Waals surface area contributed by atoms with E-state index in [0.29, 0.717) is 5.92 Å². The Kier molecular flexibility index (Phi) is 5.18. The van der Waals surface area contributed by atoms with E-state index in [2.05, 4.69) is 63.6 Å². The molecule has 1 saturated heterocycles. The molecule has 128 valence electrons. The van der Waals surface area contributed by atoms with Gasteiger partial charge in [0.2, 0.25) is 0 Å². The first-order valence-electron chi connectivity index (χ1n) is 8.82. The highest BCUT2D eigenvalue weighted by Crippen LogP contribution is 2.24. The van der Waals surface area contributed by atoms with Crippen molar-refractivity contribution in [1.82, 2.24) is 9.97 Å². The highest BCUT2D eigenvalue weighted by Gasteiger charge is 2.12. The second kappa shape index (κ2) is 7.51. The van der Waals surface area contributed by atoms with Gasteiger partial charge in [-0.2, -0.15) is 0 Å². The second-order valence-electron chi connectivity index (χ2n) is 6.83. The summed E-state index contributed by atoms with van der Waals surface area (Å²) >= 11 is 0. The summed E-state index contributed by atoms with van der Waals surface area (Å²) < 4.78 is 0. The third kappa shape index (κ3) is 4.37. The van der Waals surface area contributed by atoms with Crippen LogP contribution in [0, 0.1) is 12.8 Å². The number of benzene rings is 1. The predicted octanol–water partition coefficient (Wildman–Crippen LogP) is 4.20. The molecule has 1 aliphatic rings. The van der Waals surface area contributed by atoms with Gasteiger partial charge in [0.05, 0.1) is 0 Å². The van der Waals surface area contributed by atoms with Crippen molar-refractivity contribution in [3.8, 4) is 0 Å². The van der Waals surface area contributed by atoms with Gasteiger partial charge < -0.3 is 15.5 Å². The van der Waals surface area contributed by atoms with Crippen LogP contribution in [0.5, 0.6) is 0 Å². The van der Waals surface area contributed by atoms with Crippen molar-refractivity contribution >= 4 is 23.0 Å². The van der Waals surface area contributed by atoms with Gasteiger partial charge in [-0.3, -0.25) is 0 Å². The minimum Gasteiger partial charge on any atom is -0.372 e. The number of nitrogens with one attached hydrogen (secondary N) is 2. The van der Waals surface area contributed by atoms with Crippen LogP contribution in [-0.4, -0.2) is 29.6 Å². The van der Waals surface area contributed by atoms with E-state index in [-0.39, 0.29) is 0 Å². The summed E-state index contributed by atoms with van der Waals surface area (Å²) in [5.41, 5.74) is 2.35. The number of aryl methyl sites for hydroxylation is 1. The lowest BCUT2D eigenvalue weighted by Crippen LogP contribution is -2.17. The van der Waals surface area contributed by atoms with Gasteiger partial charge in [-0.05, 0) is 49.9 Å². The fourth-order valence-corrected chi connectivity index (χ4v) is 2.91. The number of nitrogens with zero attached hydrogens (tertiary/aromatic N) is 3.